The highest BCUT2D eigenvalue weighted by Crippen LogP contribution is 2.68. The summed E-state index contributed by atoms with van der Waals surface area (Å²) in [7, 11) is 0. The number of carbonyl (C=O) groups is 3. The molecular weight excluding hydrogens is 496 g/mol. The number of allylic oxidation sites excluding steroid dienone is 3. The summed E-state index contributed by atoms with van der Waals surface area (Å²) in [6, 6.07) is 3.58. The highest BCUT2D eigenvalue weighted by atomic mass is 16.5. The number of hydrogen-bond acceptors (Lipinski definition) is 7. The smallest absolute Gasteiger partial charge is 0.206 e. The molecule has 0 heterocycles. The number of fused-ring (bicyclic) bond motifs is 3. The van der Waals surface area contributed by atoms with E-state index in [0.717, 1.165) is 0 Å². The Morgan fingerprint density at radius 3 is 2.28 bits per heavy atom. The first-order valence-corrected chi connectivity index (χ1v) is 13.4. The number of aromatic hydroxyl groups is 1. The first-order chi connectivity index (χ1) is 17.7. The Labute approximate surface area is 230 Å². The van der Waals surface area contributed by atoms with Gasteiger partial charge in [0.1, 0.15) is 17.1 Å². The maximum atomic E-state index is 14.2. The molecule has 39 heavy (non-hydrogen) atoms. The van der Waals surface area contributed by atoms with E-state index in [0.29, 0.717) is 22.5 Å². The van der Waals surface area contributed by atoms with Gasteiger partial charge in [0, 0.05) is 28.4 Å². The first-order valence-electron chi connectivity index (χ1n) is 13.4. The van der Waals surface area contributed by atoms with Gasteiger partial charge in [0.2, 0.25) is 5.78 Å². The second-order valence-corrected chi connectivity index (χ2v) is 13.1. The topological polar surface area (TPSA) is 121 Å². The molecule has 7 nitrogen and oxygen atoms in total. The largest absolute Gasteiger partial charge is 0.508 e. The summed E-state index contributed by atoms with van der Waals surface area (Å²) >= 11 is 0. The van der Waals surface area contributed by atoms with Crippen LogP contribution in [0.3, 0.4) is 0 Å². The van der Waals surface area contributed by atoms with Crippen LogP contribution in [0.4, 0.5) is 0 Å². The molecule has 3 N–H and O–H groups in total. The number of benzene rings is 1. The number of aliphatic hydroxyl groups excluding tert-OH is 1. The van der Waals surface area contributed by atoms with Gasteiger partial charge in [-0.15, -0.1) is 0 Å². The van der Waals surface area contributed by atoms with Gasteiger partial charge >= 0.3 is 0 Å². The van der Waals surface area contributed by atoms with E-state index in [-0.39, 0.29) is 41.2 Å². The molecule has 0 unspecified atom stereocenters. The van der Waals surface area contributed by atoms with Crippen molar-refractivity contribution in [1.82, 2.24) is 0 Å². The minimum atomic E-state index is -2.46. The third-order valence-electron chi connectivity index (χ3n) is 9.72. The van der Waals surface area contributed by atoms with Crippen molar-refractivity contribution in [3.05, 3.63) is 63.6 Å². The Kier molecular flexibility index (Phi) is 6.39. The normalized spacial score (nSPS) is 32.5. The van der Waals surface area contributed by atoms with Gasteiger partial charge in [0.15, 0.2) is 17.2 Å². The molecule has 1 aromatic rings. The summed E-state index contributed by atoms with van der Waals surface area (Å²) in [5.41, 5.74) is -3.70. The van der Waals surface area contributed by atoms with Crippen LogP contribution in [0.1, 0.15) is 96.1 Å². The van der Waals surface area contributed by atoms with Crippen LogP contribution in [0.15, 0.2) is 46.9 Å². The summed E-state index contributed by atoms with van der Waals surface area (Å²) in [5.74, 6) is -3.41. The lowest BCUT2D eigenvalue weighted by molar-refractivity contribution is -0.169. The zero-order chi connectivity index (χ0) is 29.6. The Hall–Kier alpha value is -3.19. The molecule has 0 amide bonds. The average molecular weight is 537 g/mol. The number of ether oxygens (including phenoxy) is 1. The molecular formula is C32H40O7. The number of hydrogen-bond donors (Lipinski definition) is 3. The molecule has 0 radical (unpaired) electrons. The van der Waals surface area contributed by atoms with Crippen molar-refractivity contribution in [3.8, 4) is 5.75 Å². The zero-order valence-corrected chi connectivity index (χ0v) is 24.4. The van der Waals surface area contributed by atoms with E-state index < -0.39 is 51.1 Å². The van der Waals surface area contributed by atoms with Gasteiger partial charge in [0.05, 0.1) is 16.9 Å². The molecule has 4 rings (SSSR count). The van der Waals surface area contributed by atoms with Gasteiger partial charge in [-0.2, -0.15) is 0 Å². The first kappa shape index (κ1) is 28.8. The molecule has 7 heteroatoms. The SMILES string of the molecule is C=C(Cc1ccc2c(c1O)C(=O)C1=C(O)[C@@]3(O)C(=O)C(C(C)=O)=C(C)C[C@@]3(C)[C@H](C)[C@@]1(C)[C@@H]2C)OC(C)(C)C. The Morgan fingerprint density at radius 2 is 1.74 bits per heavy atom. The van der Waals surface area contributed by atoms with Crippen LogP contribution in [0.25, 0.3) is 0 Å². The predicted octanol–water partition coefficient (Wildman–Crippen LogP) is 5.65. The third kappa shape index (κ3) is 3.69. The second-order valence-electron chi connectivity index (χ2n) is 13.1. The van der Waals surface area contributed by atoms with Crippen LogP contribution < -0.4 is 0 Å². The van der Waals surface area contributed by atoms with Crippen LogP contribution in [0, 0.1) is 16.7 Å². The fourth-order valence-electron chi connectivity index (χ4n) is 7.49. The van der Waals surface area contributed by atoms with Crippen molar-refractivity contribution in [3.63, 3.8) is 0 Å². The Bertz CT molecular complexity index is 1400. The Morgan fingerprint density at radius 1 is 1.15 bits per heavy atom. The van der Waals surface area contributed by atoms with Crippen LogP contribution in [-0.4, -0.2) is 43.9 Å². The van der Waals surface area contributed by atoms with E-state index in [9.17, 15) is 29.7 Å². The van der Waals surface area contributed by atoms with Gasteiger partial charge in [0.25, 0.3) is 0 Å². The van der Waals surface area contributed by atoms with Crippen LogP contribution >= 0.6 is 0 Å². The fourth-order valence-corrected chi connectivity index (χ4v) is 7.49. The number of phenols is 1. The van der Waals surface area contributed by atoms with Crippen molar-refractivity contribution in [2.24, 2.45) is 16.7 Å². The highest BCUT2D eigenvalue weighted by Gasteiger charge is 2.71. The lowest BCUT2D eigenvalue weighted by atomic mass is 9.41. The molecule has 210 valence electrons. The van der Waals surface area contributed by atoms with E-state index in [1.165, 1.54) is 6.92 Å². The molecule has 3 aliphatic carbocycles. The third-order valence-corrected chi connectivity index (χ3v) is 9.72. The van der Waals surface area contributed by atoms with Crippen molar-refractivity contribution in [2.75, 3.05) is 0 Å². The van der Waals surface area contributed by atoms with Crippen LogP contribution in [0.2, 0.25) is 0 Å². The number of Topliss-reactive ketones (excluding diaryl/α,β-unsaturated/α-hetero) is 3. The molecule has 1 aromatic carbocycles. The minimum Gasteiger partial charge on any atom is -0.508 e. The second kappa shape index (κ2) is 8.65. The molecule has 0 bridgehead atoms. The van der Waals surface area contributed by atoms with Crippen molar-refractivity contribution >= 4 is 17.3 Å². The Balaban J connectivity index is 1.95. The highest BCUT2D eigenvalue weighted by molar-refractivity contribution is 6.25. The van der Waals surface area contributed by atoms with E-state index in [1.807, 2.05) is 47.6 Å². The summed E-state index contributed by atoms with van der Waals surface area (Å²) in [6.45, 7) is 20.0. The van der Waals surface area contributed by atoms with E-state index >= 15 is 0 Å². The van der Waals surface area contributed by atoms with Gasteiger partial charge in [-0.25, -0.2) is 0 Å². The molecule has 0 fully saturated rings. The number of ketones is 3. The molecule has 0 spiro atoms. The van der Waals surface area contributed by atoms with Crippen molar-refractivity contribution in [1.29, 1.82) is 0 Å². The van der Waals surface area contributed by atoms with Crippen LogP contribution in [0.5, 0.6) is 5.75 Å². The maximum Gasteiger partial charge on any atom is 0.206 e. The van der Waals surface area contributed by atoms with E-state index in [4.69, 9.17) is 4.74 Å². The quantitative estimate of drug-likeness (QED) is 0.336. The minimum absolute atomic E-state index is 0.0313. The lowest BCUT2D eigenvalue weighted by Crippen LogP contribution is -2.67. The average Bonchev–Trinajstić information content (AvgIpc) is 2.79. The van der Waals surface area contributed by atoms with Crippen molar-refractivity contribution in [2.45, 2.75) is 92.3 Å². The standard InChI is InChI=1S/C32H40O7/c1-15-14-30(9)19(5)31(10)17(3)21-12-11-20(13-16(2)39-29(6,7)8)25(34)23(21)26(35)24(31)28(37)32(30,38)27(36)22(15)18(4)33/h11-12,17,19,34,37-38H,2,13-14H2,1,3-10H3/t17-,19+,30+,31-,32+/m1/s1. The van der Waals surface area contributed by atoms with Gasteiger partial charge < -0.3 is 20.1 Å². The zero-order valence-electron chi connectivity index (χ0n) is 24.4. The molecule has 3 aliphatic rings. The lowest BCUT2D eigenvalue weighted by Gasteiger charge is -2.62. The van der Waals surface area contributed by atoms with Crippen LogP contribution in [-0.2, 0) is 20.7 Å². The molecule has 0 saturated carbocycles. The monoisotopic (exact) mass is 536 g/mol. The maximum absolute atomic E-state index is 14.2. The number of aliphatic hydroxyl groups is 2. The summed E-state index contributed by atoms with van der Waals surface area (Å²) in [5, 5.41) is 35.2. The van der Waals surface area contributed by atoms with E-state index in [1.54, 1.807) is 19.9 Å². The summed E-state index contributed by atoms with van der Waals surface area (Å²) in [6.07, 6.45) is 0.370. The molecule has 0 aliphatic heterocycles. The van der Waals surface area contributed by atoms with Gasteiger partial charge in [-0.1, -0.05) is 52.0 Å². The summed E-state index contributed by atoms with van der Waals surface area (Å²) < 4.78 is 5.81. The fraction of sp³-hybridized carbons (Fsp3) is 0.531. The molecule has 0 aromatic heterocycles. The molecule has 0 saturated heterocycles. The van der Waals surface area contributed by atoms with Gasteiger partial charge in [-0.3, -0.25) is 14.4 Å². The van der Waals surface area contributed by atoms with Crippen molar-refractivity contribution < 1.29 is 34.4 Å². The van der Waals surface area contributed by atoms with Gasteiger partial charge in [-0.05, 0) is 58.4 Å². The number of rotatable bonds is 4. The predicted molar refractivity (Wildman–Crippen MR) is 148 cm³/mol. The summed E-state index contributed by atoms with van der Waals surface area (Å²) in [4.78, 5) is 40.4. The number of phenolic OH excluding ortho intramolecular Hbond substituents is 1. The number of carbonyl (C=O) groups excluding carboxylic acids is 3. The molecule has 5 atom stereocenters. The van der Waals surface area contributed by atoms with E-state index in [2.05, 4.69) is 6.58 Å².